The molecular formula is C31H22ClN5S. The Bertz CT molecular complexity index is 1790. The molecule has 7 aromatic rings. The van der Waals surface area contributed by atoms with Gasteiger partial charge in [0.25, 0.3) is 0 Å². The maximum atomic E-state index is 6.00. The summed E-state index contributed by atoms with van der Waals surface area (Å²) < 4.78 is 0. The van der Waals surface area contributed by atoms with Gasteiger partial charge in [-0.25, -0.2) is 0 Å². The number of rotatable bonds is 6. The van der Waals surface area contributed by atoms with Crippen LogP contribution in [-0.4, -0.2) is 20.2 Å². The van der Waals surface area contributed by atoms with Crippen LogP contribution in [0.25, 0.3) is 32.4 Å². The Morgan fingerprint density at radius 2 is 1.29 bits per heavy atom. The summed E-state index contributed by atoms with van der Waals surface area (Å²) in [6, 6.07) is 33.2. The Kier molecular flexibility index (Phi) is 5.69. The number of benzene rings is 4. The third-order valence-corrected chi connectivity index (χ3v) is 8.02. The van der Waals surface area contributed by atoms with Crippen molar-refractivity contribution in [1.29, 1.82) is 0 Å². The zero-order valence-corrected chi connectivity index (χ0v) is 21.7. The smallest absolute Gasteiger partial charge is 0.210 e. The molecule has 184 valence electrons. The fraction of sp³-hybridized carbons (Fsp3) is 0.0323. The lowest BCUT2D eigenvalue weighted by Gasteiger charge is -2.18. The van der Waals surface area contributed by atoms with Crippen LogP contribution in [-0.2, 0) is 0 Å². The van der Waals surface area contributed by atoms with Crippen molar-refractivity contribution in [2.24, 2.45) is 0 Å². The van der Waals surface area contributed by atoms with E-state index in [1.165, 1.54) is 38.8 Å². The summed E-state index contributed by atoms with van der Waals surface area (Å²) >= 11 is 7.52. The Morgan fingerprint density at radius 1 is 0.684 bits per heavy atom. The molecule has 0 spiro atoms. The van der Waals surface area contributed by atoms with Crippen molar-refractivity contribution in [3.05, 3.63) is 131 Å². The van der Waals surface area contributed by atoms with Crippen molar-refractivity contribution in [3.63, 3.8) is 0 Å². The molecule has 0 aliphatic carbocycles. The van der Waals surface area contributed by atoms with Gasteiger partial charge in [0.05, 0.1) is 0 Å². The lowest BCUT2D eigenvalue weighted by molar-refractivity contribution is 0.998. The molecule has 3 N–H and O–H groups in total. The lowest BCUT2D eigenvalue weighted by Crippen LogP contribution is -2.02. The second kappa shape index (κ2) is 9.49. The van der Waals surface area contributed by atoms with Crippen molar-refractivity contribution in [2.75, 3.05) is 5.32 Å². The van der Waals surface area contributed by atoms with Crippen LogP contribution < -0.4 is 5.32 Å². The van der Waals surface area contributed by atoms with Crippen molar-refractivity contribution in [1.82, 2.24) is 20.2 Å². The minimum Gasteiger partial charge on any atom is -0.361 e. The molecule has 5 nitrogen and oxygen atoms in total. The number of hydrogen-bond donors (Lipinski definition) is 3. The monoisotopic (exact) mass is 531 g/mol. The first-order chi connectivity index (χ1) is 18.7. The molecule has 0 unspecified atom stereocenters. The van der Waals surface area contributed by atoms with E-state index in [0.717, 1.165) is 32.4 Å². The van der Waals surface area contributed by atoms with Crippen LogP contribution in [0, 0.1) is 0 Å². The highest BCUT2D eigenvalue weighted by Crippen LogP contribution is 2.40. The topological polar surface area (TPSA) is 69.4 Å². The van der Waals surface area contributed by atoms with Crippen molar-refractivity contribution < 1.29 is 0 Å². The Morgan fingerprint density at radius 3 is 1.92 bits per heavy atom. The summed E-state index contributed by atoms with van der Waals surface area (Å²) in [5, 5.41) is 16.8. The van der Waals surface area contributed by atoms with Gasteiger partial charge in [-0.3, -0.25) is 0 Å². The molecule has 0 amide bonds. The van der Waals surface area contributed by atoms with E-state index in [4.69, 9.17) is 11.6 Å². The minimum absolute atomic E-state index is 0.0629. The number of nitrogens with one attached hydrogen (secondary N) is 3. The van der Waals surface area contributed by atoms with Gasteiger partial charge < -0.3 is 15.3 Å². The van der Waals surface area contributed by atoms with E-state index in [1.807, 2.05) is 24.3 Å². The van der Waals surface area contributed by atoms with Crippen LogP contribution in [0.4, 0.5) is 10.8 Å². The number of halogens is 1. The van der Waals surface area contributed by atoms with E-state index in [2.05, 4.69) is 111 Å². The molecule has 0 radical (unpaired) electrons. The van der Waals surface area contributed by atoms with Crippen LogP contribution >= 0.6 is 22.9 Å². The molecule has 38 heavy (non-hydrogen) atoms. The molecule has 7 rings (SSSR count). The third kappa shape index (κ3) is 4.14. The van der Waals surface area contributed by atoms with E-state index in [0.29, 0.717) is 5.02 Å². The molecule has 0 saturated carbocycles. The standard InChI is InChI=1S/C31H22ClN5S/c32-21-13-15-22(16-14-21)35-31-37-36-30(38-31)20-11-9-19(10-12-20)29(25-17-33-27-7-3-1-5-23(25)27)26-18-34-28-8-4-2-6-24(26)28/h1-18,29,33-34H,(H,35,37). The van der Waals surface area contributed by atoms with Gasteiger partial charge in [0.15, 0.2) is 0 Å². The molecule has 0 atom stereocenters. The molecule has 0 saturated heterocycles. The summed E-state index contributed by atoms with van der Waals surface area (Å²) in [5.41, 5.74) is 7.95. The van der Waals surface area contributed by atoms with Crippen molar-refractivity contribution in [2.45, 2.75) is 5.92 Å². The minimum atomic E-state index is 0.0629. The first kappa shape index (κ1) is 22.8. The number of hydrogen-bond acceptors (Lipinski definition) is 4. The maximum Gasteiger partial charge on any atom is 0.210 e. The molecule has 3 heterocycles. The highest BCUT2D eigenvalue weighted by molar-refractivity contribution is 7.18. The van der Waals surface area contributed by atoms with Crippen LogP contribution in [0.5, 0.6) is 0 Å². The lowest BCUT2D eigenvalue weighted by atomic mass is 9.84. The van der Waals surface area contributed by atoms with E-state index in [9.17, 15) is 0 Å². The van der Waals surface area contributed by atoms with Crippen LogP contribution in [0.15, 0.2) is 109 Å². The Labute approximate surface area is 228 Å². The Balaban J connectivity index is 1.26. The fourth-order valence-electron chi connectivity index (χ4n) is 5.06. The molecule has 7 heteroatoms. The molecule has 0 aliphatic rings. The van der Waals surface area contributed by atoms with E-state index < -0.39 is 0 Å². The summed E-state index contributed by atoms with van der Waals surface area (Å²) in [7, 11) is 0. The van der Waals surface area contributed by atoms with Gasteiger partial charge >= 0.3 is 0 Å². The first-order valence-electron chi connectivity index (χ1n) is 12.3. The second-order valence-electron chi connectivity index (χ2n) is 9.18. The third-order valence-electron chi connectivity index (χ3n) is 6.88. The average molecular weight is 532 g/mol. The molecular weight excluding hydrogens is 510 g/mol. The number of nitrogens with zero attached hydrogens (tertiary/aromatic N) is 2. The number of aromatic nitrogens is 4. The van der Waals surface area contributed by atoms with Crippen molar-refractivity contribution in [3.8, 4) is 10.6 Å². The summed E-state index contributed by atoms with van der Waals surface area (Å²) in [5.74, 6) is 0.0629. The van der Waals surface area contributed by atoms with Crippen molar-refractivity contribution >= 4 is 55.6 Å². The maximum absolute atomic E-state index is 6.00. The SMILES string of the molecule is Clc1ccc(Nc2nnc(-c3ccc(C(c4c[nH]c5ccccc45)c4c[nH]c5ccccc45)cc3)s2)cc1. The van der Waals surface area contributed by atoms with E-state index in [-0.39, 0.29) is 5.92 Å². The van der Waals surface area contributed by atoms with Crippen LogP contribution in [0.2, 0.25) is 5.02 Å². The average Bonchev–Trinajstić information content (AvgIpc) is 3.70. The fourth-order valence-corrected chi connectivity index (χ4v) is 5.95. The molecule has 0 bridgehead atoms. The van der Waals surface area contributed by atoms with Crippen LogP contribution in [0.3, 0.4) is 0 Å². The number of aromatic amines is 2. The molecule has 3 aromatic heterocycles. The number of fused-ring (bicyclic) bond motifs is 2. The molecule has 0 fully saturated rings. The van der Waals surface area contributed by atoms with Gasteiger partial charge in [-0.2, -0.15) is 0 Å². The van der Waals surface area contributed by atoms with E-state index >= 15 is 0 Å². The summed E-state index contributed by atoms with van der Waals surface area (Å²) in [6.07, 6.45) is 4.29. The van der Waals surface area contributed by atoms with Gasteiger partial charge in [-0.05, 0) is 53.1 Å². The number of H-pyrrole nitrogens is 2. The van der Waals surface area contributed by atoms with Gasteiger partial charge in [0.2, 0.25) is 5.13 Å². The zero-order valence-electron chi connectivity index (χ0n) is 20.2. The predicted molar refractivity (Wildman–Crippen MR) is 158 cm³/mol. The highest BCUT2D eigenvalue weighted by atomic mass is 35.5. The Hall–Kier alpha value is -4.39. The highest BCUT2D eigenvalue weighted by Gasteiger charge is 2.23. The van der Waals surface area contributed by atoms with Crippen LogP contribution in [0.1, 0.15) is 22.6 Å². The van der Waals surface area contributed by atoms with Gasteiger partial charge in [0, 0.05) is 56.4 Å². The summed E-state index contributed by atoms with van der Waals surface area (Å²) in [6.45, 7) is 0. The number of para-hydroxylation sites is 2. The normalized spacial score (nSPS) is 11.5. The molecule has 0 aliphatic heterocycles. The van der Waals surface area contributed by atoms with Gasteiger partial charge in [-0.15, -0.1) is 10.2 Å². The summed E-state index contributed by atoms with van der Waals surface area (Å²) in [4.78, 5) is 6.94. The first-order valence-corrected chi connectivity index (χ1v) is 13.5. The number of anilines is 2. The van der Waals surface area contributed by atoms with Gasteiger partial charge in [0.1, 0.15) is 5.01 Å². The molecule has 4 aromatic carbocycles. The zero-order chi connectivity index (χ0) is 25.5. The quantitative estimate of drug-likeness (QED) is 0.201. The largest absolute Gasteiger partial charge is 0.361 e. The predicted octanol–water partition coefficient (Wildman–Crippen LogP) is 8.74. The van der Waals surface area contributed by atoms with E-state index in [1.54, 1.807) is 0 Å². The van der Waals surface area contributed by atoms with Gasteiger partial charge in [-0.1, -0.05) is 83.6 Å². The second-order valence-corrected chi connectivity index (χ2v) is 10.6.